The first-order chi connectivity index (χ1) is 24.0. The largest absolute Gasteiger partial charge is 0.456 e. The number of benzene rings is 8. The van der Waals surface area contributed by atoms with Crippen LogP contribution in [0.15, 0.2) is 154 Å². The molecule has 49 heavy (non-hydrogen) atoms. The van der Waals surface area contributed by atoms with E-state index in [1.807, 2.05) is 6.07 Å². The zero-order chi connectivity index (χ0) is 32.4. The predicted octanol–water partition coefficient (Wildman–Crippen LogP) is 13.4. The number of hydrogen-bond donors (Lipinski definition) is 0. The van der Waals surface area contributed by atoms with E-state index in [2.05, 4.69) is 153 Å². The molecule has 2 heteroatoms. The Labute approximate surface area is 282 Å². The highest BCUT2D eigenvalue weighted by molar-refractivity contribution is 6.19. The van der Waals surface area contributed by atoms with Crippen molar-refractivity contribution < 1.29 is 8.83 Å². The van der Waals surface area contributed by atoms with Gasteiger partial charge in [0.15, 0.2) is 0 Å². The van der Waals surface area contributed by atoms with Crippen molar-refractivity contribution in [3.05, 3.63) is 157 Å². The van der Waals surface area contributed by atoms with Gasteiger partial charge in [0.05, 0.1) is 0 Å². The quantitative estimate of drug-likeness (QED) is 0.191. The van der Waals surface area contributed by atoms with E-state index in [1.54, 1.807) is 0 Å². The molecule has 0 radical (unpaired) electrons. The maximum Gasteiger partial charge on any atom is 0.143 e. The van der Waals surface area contributed by atoms with Crippen LogP contribution in [0.1, 0.15) is 25.0 Å². The van der Waals surface area contributed by atoms with Crippen molar-refractivity contribution in [2.75, 3.05) is 0 Å². The molecule has 2 nitrogen and oxygen atoms in total. The first kappa shape index (κ1) is 26.9. The normalized spacial score (nSPS) is 13.7. The minimum atomic E-state index is -0.200. The highest BCUT2D eigenvalue weighted by Crippen LogP contribution is 2.55. The van der Waals surface area contributed by atoms with Crippen molar-refractivity contribution in [3.8, 4) is 33.4 Å². The molecule has 2 heterocycles. The Hall–Kier alpha value is -6.12. The zero-order valence-electron chi connectivity index (χ0n) is 27.2. The summed E-state index contributed by atoms with van der Waals surface area (Å²) in [5.74, 6) is 0. The zero-order valence-corrected chi connectivity index (χ0v) is 27.2. The van der Waals surface area contributed by atoms with E-state index in [9.17, 15) is 0 Å². The Morgan fingerprint density at radius 2 is 1.14 bits per heavy atom. The molecule has 0 N–H and O–H groups in total. The summed E-state index contributed by atoms with van der Waals surface area (Å²) < 4.78 is 12.8. The van der Waals surface area contributed by atoms with Crippen LogP contribution in [-0.2, 0) is 5.41 Å². The van der Waals surface area contributed by atoms with Crippen LogP contribution in [0.2, 0.25) is 0 Å². The SMILES string of the molecule is CC1(C)c2cc(-c3cccc4oc5c6ccccc6ccc5c34)ccc2-c2c1cc1ccccc1c2-c1ccc2oc3ccccc3c2c1. The van der Waals surface area contributed by atoms with Crippen molar-refractivity contribution in [1.29, 1.82) is 0 Å². The van der Waals surface area contributed by atoms with Gasteiger partial charge in [-0.2, -0.15) is 0 Å². The molecule has 10 aromatic rings. The van der Waals surface area contributed by atoms with Crippen molar-refractivity contribution in [1.82, 2.24) is 0 Å². The van der Waals surface area contributed by atoms with Crippen LogP contribution in [0.25, 0.3) is 98.8 Å². The van der Waals surface area contributed by atoms with Gasteiger partial charge in [0, 0.05) is 32.3 Å². The van der Waals surface area contributed by atoms with Crippen LogP contribution in [0.5, 0.6) is 0 Å². The van der Waals surface area contributed by atoms with Gasteiger partial charge in [-0.05, 0) is 103 Å². The summed E-state index contributed by atoms with van der Waals surface area (Å²) in [4.78, 5) is 0. The summed E-state index contributed by atoms with van der Waals surface area (Å²) in [5, 5.41) is 9.49. The lowest BCUT2D eigenvalue weighted by Crippen LogP contribution is -2.15. The second kappa shape index (κ2) is 9.49. The molecule has 0 spiro atoms. The van der Waals surface area contributed by atoms with E-state index in [1.165, 1.54) is 66.1 Å². The van der Waals surface area contributed by atoms with Gasteiger partial charge in [-0.1, -0.05) is 117 Å². The van der Waals surface area contributed by atoms with Crippen LogP contribution in [0, 0.1) is 0 Å². The molecule has 11 rings (SSSR count). The Balaban J connectivity index is 1.16. The summed E-state index contributed by atoms with van der Waals surface area (Å²) in [7, 11) is 0. The molecular weight excluding hydrogens is 597 g/mol. The highest BCUT2D eigenvalue weighted by atomic mass is 16.3. The minimum absolute atomic E-state index is 0.200. The molecule has 0 aliphatic heterocycles. The molecule has 1 aliphatic carbocycles. The third kappa shape index (κ3) is 3.61. The van der Waals surface area contributed by atoms with Gasteiger partial charge in [-0.25, -0.2) is 0 Å². The third-order valence-corrected chi connectivity index (χ3v) is 11.0. The van der Waals surface area contributed by atoms with Gasteiger partial charge < -0.3 is 8.83 Å². The van der Waals surface area contributed by atoms with Gasteiger partial charge in [-0.15, -0.1) is 0 Å². The maximum atomic E-state index is 6.57. The number of para-hydroxylation sites is 1. The lowest BCUT2D eigenvalue weighted by atomic mass is 9.80. The molecule has 0 fully saturated rings. The Morgan fingerprint density at radius 1 is 0.408 bits per heavy atom. The summed E-state index contributed by atoms with van der Waals surface area (Å²) >= 11 is 0. The van der Waals surface area contributed by atoms with Crippen molar-refractivity contribution >= 4 is 65.4 Å². The lowest BCUT2D eigenvalue weighted by molar-refractivity contribution is 0.661. The van der Waals surface area contributed by atoms with Crippen LogP contribution >= 0.6 is 0 Å². The number of rotatable bonds is 2. The van der Waals surface area contributed by atoms with E-state index < -0.39 is 0 Å². The van der Waals surface area contributed by atoms with Gasteiger partial charge in [0.1, 0.15) is 22.3 Å². The first-order valence-corrected chi connectivity index (χ1v) is 17.0. The van der Waals surface area contributed by atoms with Gasteiger partial charge in [0.25, 0.3) is 0 Å². The highest BCUT2D eigenvalue weighted by Gasteiger charge is 2.38. The van der Waals surface area contributed by atoms with Gasteiger partial charge >= 0.3 is 0 Å². The molecule has 0 amide bonds. The fourth-order valence-corrected chi connectivity index (χ4v) is 8.69. The topological polar surface area (TPSA) is 26.3 Å². The molecule has 2 aromatic heterocycles. The van der Waals surface area contributed by atoms with Gasteiger partial charge in [0.2, 0.25) is 0 Å². The second-order valence-electron chi connectivity index (χ2n) is 14.0. The molecule has 230 valence electrons. The van der Waals surface area contributed by atoms with Gasteiger partial charge in [-0.3, -0.25) is 0 Å². The van der Waals surface area contributed by atoms with Crippen LogP contribution in [-0.4, -0.2) is 0 Å². The molecule has 1 aliphatic rings. The van der Waals surface area contributed by atoms with E-state index in [-0.39, 0.29) is 5.41 Å². The molecule has 0 unspecified atom stereocenters. The number of hydrogen-bond acceptors (Lipinski definition) is 2. The smallest absolute Gasteiger partial charge is 0.143 e. The fourth-order valence-electron chi connectivity index (χ4n) is 8.69. The summed E-state index contributed by atoms with van der Waals surface area (Å²) in [6.45, 7) is 4.76. The lowest BCUT2D eigenvalue weighted by Gasteiger charge is -2.23. The van der Waals surface area contributed by atoms with E-state index >= 15 is 0 Å². The summed E-state index contributed by atoms with van der Waals surface area (Å²) in [6, 6.07) is 52.8. The van der Waals surface area contributed by atoms with Crippen LogP contribution in [0.4, 0.5) is 0 Å². The average molecular weight is 627 g/mol. The molecule has 0 saturated heterocycles. The van der Waals surface area contributed by atoms with Crippen molar-refractivity contribution in [2.45, 2.75) is 19.3 Å². The Bertz CT molecular complexity index is 3020. The van der Waals surface area contributed by atoms with E-state index in [0.717, 1.165) is 43.9 Å². The number of fused-ring (bicyclic) bond motifs is 12. The third-order valence-electron chi connectivity index (χ3n) is 11.0. The second-order valence-corrected chi connectivity index (χ2v) is 14.0. The molecular formula is C47H30O2. The summed E-state index contributed by atoms with van der Waals surface area (Å²) in [5.41, 5.74) is 13.8. The van der Waals surface area contributed by atoms with Crippen molar-refractivity contribution in [2.24, 2.45) is 0 Å². The number of furan rings is 2. The van der Waals surface area contributed by atoms with E-state index in [4.69, 9.17) is 8.83 Å². The monoisotopic (exact) mass is 626 g/mol. The summed E-state index contributed by atoms with van der Waals surface area (Å²) in [6.07, 6.45) is 0. The average Bonchev–Trinajstić information content (AvgIpc) is 3.78. The fraction of sp³-hybridized carbons (Fsp3) is 0.0638. The molecule has 8 aromatic carbocycles. The molecule has 0 atom stereocenters. The Kier molecular flexibility index (Phi) is 5.21. The maximum absolute atomic E-state index is 6.57. The first-order valence-electron chi connectivity index (χ1n) is 17.0. The molecule has 0 saturated carbocycles. The minimum Gasteiger partial charge on any atom is -0.456 e. The predicted molar refractivity (Wildman–Crippen MR) is 204 cm³/mol. The van der Waals surface area contributed by atoms with Crippen molar-refractivity contribution in [3.63, 3.8) is 0 Å². The van der Waals surface area contributed by atoms with Crippen LogP contribution in [0.3, 0.4) is 0 Å². The standard InChI is InChI=1S/C47H30O2/c1-47(2)38-25-29(32-15-9-17-42-44(32)36-22-18-27-10-3-6-13-33(27)46(36)49-42)19-21-35(38)45-39(47)26-28-11-4-5-12-31(28)43(45)30-20-23-41-37(24-30)34-14-7-8-16-40(34)48-41/h3-26H,1-2H3. The van der Waals surface area contributed by atoms with E-state index in [0.29, 0.717) is 0 Å². The van der Waals surface area contributed by atoms with Crippen LogP contribution < -0.4 is 0 Å². The Morgan fingerprint density at radius 3 is 2.04 bits per heavy atom. The molecule has 0 bridgehead atoms.